The minimum Gasteiger partial charge on any atom is -0.369 e. The van der Waals surface area contributed by atoms with Crippen molar-refractivity contribution in [2.24, 2.45) is 11.7 Å². The van der Waals surface area contributed by atoms with Crippen molar-refractivity contribution in [3.63, 3.8) is 0 Å². The number of carbonyl (C=O) groups is 1. The molecule has 1 saturated carbocycles. The molecule has 23 heavy (non-hydrogen) atoms. The smallest absolute Gasteiger partial charge is 0.225 e. The number of anilines is 2. The van der Waals surface area contributed by atoms with Gasteiger partial charge >= 0.3 is 0 Å². The van der Waals surface area contributed by atoms with Gasteiger partial charge in [0.25, 0.3) is 0 Å². The Bertz CT molecular complexity index is 513. The van der Waals surface area contributed by atoms with Crippen LogP contribution in [0.25, 0.3) is 0 Å². The van der Waals surface area contributed by atoms with Crippen LogP contribution in [-0.2, 0) is 4.79 Å². The Labute approximate surface area is 144 Å². The second kappa shape index (κ2) is 8.52. The van der Waals surface area contributed by atoms with Gasteiger partial charge in [-0.25, -0.2) is 0 Å². The summed E-state index contributed by atoms with van der Waals surface area (Å²) in [5.41, 5.74) is 7.46. The van der Waals surface area contributed by atoms with Crippen molar-refractivity contribution >= 4 is 29.7 Å². The van der Waals surface area contributed by atoms with E-state index >= 15 is 0 Å². The summed E-state index contributed by atoms with van der Waals surface area (Å²) in [5, 5.41) is 2.91. The Hall–Kier alpha value is -1.30. The average Bonchev–Trinajstić information content (AvgIpc) is 3.32. The lowest BCUT2D eigenvalue weighted by molar-refractivity contribution is -0.116. The zero-order valence-electron chi connectivity index (χ0n) is 13.5. The van der Waals surface area contributed by atoms with Gasteiger partial charge in [-0.15, -0.1) is 12.4 Å². The lowest BCUT2D eigenvalue weighted by Gasteiger charge is -2.36. The van der Waals surface area contributed by atoms with Crippen molar-refractivity contribution in [1.82, 2.24) is 4.90 Å². The van der Waals surface area contributed by atoms with Gasteiger partial charge in [0, 0.05) is 57.1 Å². The van der Waals surface area contributed by atoms with Crippen molar-refractivity contribution < 1.29 is 4.79 Å². The van der Waals surface area contributed by atoms with Crippen LogP contribution in [0.3, 0.4) is 0 Å². The molecule has 3 rings (SSSR count). The van der Waals surface area contributed by atoms with Crippen LogP contribution in [0.2, 0.25) is 0 Å². The van der Waals surface area contributed by atoms with Gasteiger partial charge in [0.1, 0.15) is 0 Å². The number of rotatable bonds is 6. The van der Waals surface area contributed by atoms with Crippen molar-refractivity contribution in [3.8, 4) is 0 Å². The van der Waals surface area contributed by atoms with E-state index in [-0.39, 0.29) is 18.3 Å². The molecule has 1 aliphatic heterocycles. The molecule has 128 valence electrons. The molecule has 2 aliphatic rings. The molecule has 0 atom stereocenters. The van der Waals surface area contributed by atoms with E-state index in [1.54, 1.807) is 0 Å². The molecule has 0 bridgehead atoms. The molecule has 0 aromatic heterocycles. The number of nitrogens with two attached hydrogens (primary N) is 1. The third kappa shape index (κ3) is 5.37. The van der Waals surface area contributed by atoms with Crippen LogP contribution < -0.4 is 16.0 Å². The van der Waals surface area contributed by atoms with E-state index in [4.69, 9.17) is 5.73 Å². The Balaban J connectivity index is 0.00000192. The highest BCUT2D eigenvalue weighted by Crippen LogP contribution is 2.30. The molecule has 1 amide bonds. The van der Waals surface area contributed by atoms with Crippen molar-refractivity contribution in [2.75, 3.05) is 49.5 Å². The van der Waals surface area contributed by atoms with Gasteiger partial charge in [0.15, 0.2) is 0 Å². The molecule has 1 aliphatic carbocycles. The van der Waals surface area contributed by atoms with E-state index in [9.17, 15) is 4.79 Å². The summed E-state index contributed by atoms with van der Waals surface area (Å²) in [6, 6.07) is 8.12. The molecule has 1 heterocycles. The minimum absolute atomic E-state index is 0. The van der Waals surface area contributed by atoms with Crippen molar-refractivity contribution in [1.29, 1.82) is 0 Å². The third-order valence-electron chi connectivity index (χ3n) is 4.45. The Morgan fingerprint density at radius 1 is 1.22 bits per heavy atom. The van der Waals surface area contributed by atoms with Gasteiger partial charge in [-0.05, 0) is 37.0 Å². The number of halogens is 1. The quantitative estimate of drug-likeness (QED) is 0.832. The zero-order valence-corrected chi connectivity index (χ0v) is 14.4. The molecule has 3 N–H and O–H groups in total. The summed E-state index contributed by atoms with van der Waals surface area (Å²) < 4.78 is 0. The molecule has 0 spiro atoms. The highest BCUT2D eigenvalue weighted by molar-refractivity contribution is 5.91. The number of carbonyl (C=O) groups excluding carboxylic acids is 1. The SMILES string of the molecule is Cl.NCCC(=O)Nc1cccc(N2CCN(CC3CC3)CC2)c1. The summed E-state index contributed by atoms with van der Waals surface area (Å²) in [5.74, 6) is 0.946. The van der Waals surface area contributed by atoms with Crippen LogP contribution >= 0.6 is 12.4 Å². The molecule has 5 nitrogen and oxygen atoms in total. The van der Waals surface area contributed by atoms with Gasteiger partial charge in [0.2, 0.25) is 5.91 Å². The molecule has 1 saturated heterocycles. The Morgan fingerprint density at radius 2 is 1.96 bits per heavy atom. The molecule has 1 aromatic carbocycles. The molecule has 0 unspecified atom stereocenters. The maximum Gasteiger partial charge on any atom is 0.225 e. The van der Waals surface area contributed by atoms with E-state index in [0.29, 0.717) is 13.0 Å². The first kappa shape index (κ1) is 18.0. The number of hydrogen-bond acceptors (Lipinski definition) is 4. The molecule has 1 aromatic rings. The third-order valence-corrected chi connectivity index (χ3v) is 4.45. The molecular weight excluding hydrogens is 312 g/mol. The van der Waals surface area contributed by atoms with Gasteiger partial charge in [0.05, 0.1) is 0 Å². The molecule has 0 radical (unpaired) electrons. The topological polar surface area (TPSA) is 61.6 Å². The average molecular weight is 339 g/mol. The summed E-state index contributed by atoms with van der Waals surface area (Å²) in [6.07, 6.45) is 3.21. The summed E-state index contributed by atoms with van der Waals surface area (Å²) in [6.45, 7) is 6.07. The van der Waals surface area contributed by atoms with Gasteiger partial charge in [-0.1, -0.05) is 6.07 Å². The lowest BCUT2D eigenvalue weighted by Crippen LogP contribution is -2.47. The standard InChI is InChI=1S/C17H26N4O.ClH/c18-7-6-17(22)19-15-2-1-3-16(12-15)21-10-8-20(9-11-21)13-14-4-5-14;/h1-3,12,14H,4-11,13,18H2,(H,19,22);1H. The number of nitrogens with zero attached hydrogens (tertiary/aromatic N) is 2. The number of piperazine rings is 1. The fourth-order valence-electron chi connectivity index (χ4n) is 2.99. The molecular formula is C17H27ClN4O. The van der Waals surface area contributed by atoms with Gasteiger partial charge in [-0.3, -0.25) is 9.69 Å². The fourth-order valence-corrected chi connectivity index (χ4v) is 2.99. The van der Waals surface area contributed by atoms with E-state index in [0.717, 1.165) is 37.8 Å². The first-order valence-electron chi connectivity index (χ1n) is 8.32. The Kier molecular flexibility index (Phi) is 6.69. The predicted molar refractivity (Wildman–Crippen MR) is 97.4 cm³/mol. The van der Waals surface area contributed by atoms with Crippen LogP contribution in [-0.4, -0.2) is 50.1 Å². The summed E-state index contributed by atoms with van der Waals surface area (Å²) in [7, 11) is 0. The molecule has 2 fully saturated rings. The van der Waals surface area contributed by atoms with Gasteiger partial charge in [-0.2, -0.15) is 0 Å². The van der Waals surface area contributed by atoms with Crippen LogP contribution in [0.5, 0.6) is 0 Å². The minimum atomic E-state index is -0.0195. The Morgan fingerprint density at radius 3 is 2.61 bits per heavy atom. The molecule has 6 heteroatoms. The predicted octanol–water partition coefficient (Wildman–Crippen LogP) is 1.93. The number of nitrogens with one attached hydrogen (secondary N) is 1. The van der Waals surface area contributed by atoms with Gasteiger partial charge < -0.3 is 16.0 Å². The first-order valence-corrected chi connectivity index (χ1v) is 8.32. The number of hydrogen-bond donors (Lipinski definition) is 2. The fraction of sp³-hybridized carbons (Fsp3) is 0.588. The van der Waals surface area contributed by atoms with Crippen molar-refractivity contribution in [3.05, 3.63) is 24.3 Å². The van der Waals surface area contributed by atoms with E-state index in [1.165, 1.54) is 25.1 Å². The zero-order chi connectivity index (χ0) is 15.4. The maximum absolute atomic E-state index is 11.6. The van der Waals surface area contributed by atoms with E-state index in [2.05, 4.69) is 27.2 Å². The second-order valence-corrected chi connectivity index (χ2v) is 6.37. The summed E-state index contributed by atoms with van der Waals surface area (Å²) in [4.78, 5) is 16.6. The highest BCUT2D eigenvalue weighted by atomic mass is 35.5. The monoisotopic (exact) mass is 338 g/mol. The van der Waals surface area contributed by atoms with Crippen molar-refractivity contribution in [2.45, 2.75) is 19.3 Å². The number of benzene rings is 1. The maximum atomic E-state index is 11.6. The van der Waals surface area contributed by atoms with Crippen LogP contribution in [0.15, 0.2) is 24.3 Å². The largest absolute Gasteiger partial charge is 0.369 e. The van der Waals surface area contributed by atoms with E-state index < -0.39 is 0 Å². The summed E-state index contributed by atoms with van der Waals surface area (Å²) >= 11 is 0. The normalized spacial score (nSPS) is 18.4. The first-order chi connectivity index (χ1) is 10.7. The van der Waals surface area contributed by atoms with E-state index in [1.807, 2.05) is 12.1 Å². The highest BCUT2D eigenvalue weighted by Gasteiger charge is 2.26. The van der Waals surface area contributed by atoms with Crippen LogP contribution in [0.1, 0.15) is 19.3 Å². The number of amides is 1. The van der Waals surface area contributed by atoms with Crippen LogP contribution in [0, 0.1) is 5.92 Å². The second-order valence-electron chi connectivity index (χ2n) is 6.37. The van der Waals surface area contributed by atoms with Crippen LogP contribution in [0.4, 0.5) is 11.4 Å². The lowest BCUT2D eigenvalue weighted by atomic mass is 10.2.